The maximum absolute atomic E-state index is 14.2. The molecule has 1 aromatic carbocycles. The predicted molar refractivity (Wildman–Crippen MR) is 102 cm³/mol. The number of benzene rings is 1. The maximum Gasteiger partial charge on any atom is 0.254 e. The smallest absolute Gasteiger partial charge is 0.254 e. The van der Waals surface area contributed by atoms with Gasteiger partial charge in [-0.1, -0.05) is 30.3 Å². The van der Waals surface area contributed by atoms with Crippen LogP contribution >= 0.6 is 0 Å². The quantitative estimate of drug-likeness (QED) is 0.452. The van der Waals surface area contributed by atoms with Gasteiger partial charge in [0.25, 0.3) is 5.91 Å². The van der Waals surface area contributed by atoms with Crippen molar-refractivity contribution in [1.82, 2.24) is 5.32 Å². The Morgan fingerprint density at radius 1 is 1.30 bits per heavy atom. The molecule has 1 aromatic rings. The summed E-state index contributed by atoms with van der Waals surface area (Å²) < 4.78 is 19.1. The minimum atomic E-state index is -2.18. The standard InChI is InChI=1S/C20H31FN2O4/c1-20(21,19(22)26)11-10-16(18(25)23-12-13-27-2)14-17(24)9-8-15-6-4-3-5-7-15/h3-7,16-17,24H,8-14H2,1-2H3,(H2,22,26)(H,23,25)/t16-,17+,20?/m1/s1. The van der Waals surface area contributed by atoms with Crippen LogP contribution in [0.25, 0.3) is 0 Å². The van der Waals surface area contributed by atoms with E-state index in [1.807, 2.05) is 30.3 Å². The van der Waals surface area contributed by atoms with Crippen molar-refractivity contribution in [2.24, 2.45) is 11.7 Å². The zero-order chi connectivity index (χ0) is 20.3. The van der Waals surface area contributed by atoms with Crippen LogP contribution in [0.2, 0.25) is 0 Å². The number of methoxy groups -OCH3 is 1. The summed E-state index contributed by atoms with van der Waals surface area (Å²) in [5.74, 6) is -1.95. The highest BCUT2D eigenvalue weighted by molar-refractivity contribution is 5.83. The van der Waals surface area contributed by atoms with Crippen molar-refractivity contribution in [3.8, 4) is 0 Å². The normalized spacial score (nSPS) is 15.6. The minimum Gasteiger partial charge on any atom is -0.393 e. The largest absolute Gasteiger partial charge is 0.393 e. The van der Waals surface area contributed by atoms with E-state index < -0.39 is 23.6 Å². The second-order valence-corrected chi connectivity index (χ2v) is 6.99. The van der Waals surface area contributed by atoms with Crippen molar-refractivity contribution in [3.05, 3.63) is 35.9 Å². The third kappa shape index (κ3) is 8.97. The minimum absolute atomic E-state index is 0.122. The molecule has 0 saturated heterocycles. The van der Waals surface area contributed by atoms with E-state index in [1.165, 1.54) is 7.11 Å². The lowest BCUT2D eigenvalue weighted by atomic mass is 9.88. The predicted octanol–water partition coefficient (Wildman–Crippen LogP) is 1.74. The molecule has 4 N–H and O–H groups in total. The molecule has 6 nitrogen and oxygen atoms in total. The molecule has 1 rings (SSSR count). The van der Waals surface area contributed by atoms with Crippen molar-refractivity contribution in [2.45, 2.75) is 50.8 Å². The molecule has 0 aliphatic heterocycles. The van der Waals surface area contributed by atoms with Gasteiger partial charge in [-0.05, 0) is 44.6 Å². The SMILES string of the molecule is COCCNC(=O)[C@H](CCC(C)(F)C(N)=O)C[C@@H](O)CCc1ccccc1. The number of hydrogen-bond acceptors (Lipinski definition) is 4. The van der Waals surface area contributed by atoms with E-state index >= 15 is 0 Å². The Hall–Kier alpha value is -1.99. The molecule has 0 heterocycles. The fourth-order valence-corrected chi connectivity index (χ4v) is 2.77. The van der Waals surface area contributed by atoms with Gasteiger partial charge in [-0.25, -0.2) is 4.39 Å². The van der Waals surface area contributed by atoms with Gasteiger partial charge in [0.05, 0.1) is 12.7 Å². The second-order valence-electron chi connectivity index (χ2n) is 6.99. The molecule has 0 aliphatic carbocycles. The number of halogens is 1. The molecule has 1 unspecified atom stereocenters. The number of nitrogens with two attached hydrogens (primary N) is 1. The first-order chi connectivity index (χ1) is 12.8. The molecule has 0 bridgehead atoms. The Morgan fingerprint density at radius 3 is 2.56 bits per heavy atom. The summed E-state index contributed by atoms with van der Waals surface area (Å²) in [5.41, 5.74) is 3.98. The molecular weight excluding hydrogens is 351 g/mol. The van der Waals surface area contributed by atoms with Gasteiger partial charge in [-0.15, -0.1) is 0 Å². The molecule has 0 aromatic heterocycles. The number of primary amides is 1. The van der Waals surface area contributed by atoms with Crippen LogP contribution in [0.15, 0.2) is 30.3 Å². The lowest BCUT2D eigenvalue weighted by molar-refractivity contribution is -0.131. The van der Waals surface area contributed by atoms with Gasteiger partial charge in [-0.3, -0.25) is 9.59 Å². The van der Waals surface area contributed by atoms with Crippen LogP contribution in [0.1, 0.15) is 38.2 Å². The fraction of sp³-hybridized carbons (Fsp3) is 0.600. The first-order valence-corrected chi connectivity index (χ1v) is 9.23. The molecule has 0 saturated carbocycles. The average Bonchev–Trinajstić information content (AvgIpc) is 2.64. The van der Waals surface area contributed by atoms with Gasteiger partial charge in [0, 0.05) is 19.6 Å². The Morgan fingerprint density at radius 2 is 1.96 bits per heavy atom. The van der Waals surface area contributed by atoms with Crippen LogP contribution in [0, 0.1) is 5.92 Å². The Bertz CT molecular complexity index is 581. The maximum atomic E-state index is 14.2. The number of aliphatic hydroxyl groups excluding tert-OH is 1. The number of carbonyl (C=O) groups is 2. The van der Waals surface area contributed by atoms with Crippen LogP contribution < -0.4 is 11.1 Å². The molecule has 27 heavy (non-hydrogen) atoms. The van der Waals surface area contributed by atoms with Crippen LogP contribution in [-0.2, 0) is 20.7 Å². The van der Waals surface area contributed by atoms with Gasteiger partial charge in [0.15, 0.2) is 5.67 Å². The average molecular weight is 382 g/mol. The highest BCUT2D eigenvalue weighted by Gasteiger charge is 2.33. The number of aryl methyl sites for hydroxylation is 1. The number of amides is 2. The van der Waals surface area contributed by atoms with E-state index in [4.69, 9.17) is 10.5 Å². The lowest BCUT2D eigenvalue weighted by Gasteiger charge is -2.23. The monoisotopic (exact) mass is 382 g/mol. The van der Waals surface area contributed by atoms with E-state index in [2.05, 4.69) is 5.32 Å². The summed E-state index contributed by atoms with van der Waals surface area (Å²) in [7, 11) is 1.53. The first-order valence-electron chi connectivity index (χ1n) is 9.23. The Kier molecular flexibility index (Phi) is 9.96. The Balaban J connectivity index is 2.62. The molecule has 0 spiro atoms. The van der Waals surface area contributed by atoms with Gasteiger partial charge in [0.1, 0.15) is 0 Å². The zero-order valence-electron chi connectivity index (χ0n) is 16.1. The van der Waals surface area contributed by atoms with Crippen LogP contribution in [0.3, 0.4) is 0 Å². The third-order valence-electron chi connectivity index (χ3n) is 4.62. The molecule has 7 heteroatoms. The molecule has 0 aliphatic rings. The molecule has 2 amide bonds. The van der Waals surface area contributed by atoms with E-state index in [-0.39, 0.29) is 25.2 Å². The van der Waals surface area contributed by atoms with Gasteiger partial charge < -0.3 is 20.9 Å². The topological polar surface area (TPSA) is 102 Å². The molecule has 0 radical (unpaired) electrons. The van der Waals surface area contributed by atoms with E-state index in [9.17, 15) is 19.1 Å². The van der Waals surface area contributed by atoms with Crippen LogP contribution in [-0.4, -0.2) is 49.0 Å². The van der Waals surface area contributed by atoms with Crippen molar-refractivity contribution < 1.29 is 23.8 Å². The summed E-state index contributed by atoms with van der Waals surface area (Å²) in [4.78, 5) is 23.6. The molecular formula is C20H31FN2O4. The number of ether oxygens (including phenoxy) is 1. The number of nitrogens with one attached hydrogen (secondary N) is 1. The number of alkyl halides is 1. The lowest BCUT2D eigenvalue weighted by Crippen LogP contribution is -2.39. The van der Waals surface area contributed by atoms with Gasteiger partial charge >= 0.3 is 0 Å². The zero-order valence-corrected chi connectivity index (χ0v) is 16.1. The highest BCUT2D eigenvalue weighted by Crippen LogP contribution is 2.24. The van der Waals surface area contributed by atoms with E-state index in [0.29, 0.717) is 26.0 Å². The van der Waals surface area contributed by atoms with Crippen LogP contribution in [0.5, 0.6) is 0 Å². The highest BCUT2D eigenvalue weighted by atomic mass is 19.1. The number of hydrogen-bond donors (Lipinski definition) is 3. The summed E-state index contributed by atoms with van der Waals surface area (Å²) in [6.45, 7) is 1.80. The first kappa shape index (κ1) is 23.0. The van der Waals surface area contributed by atoms with Gasteiger partial charge in [-0.2, -0.15) is 0 Å². The van der Waals surface area contributed by atoms with E-state index in [1.54, 1.807) is 0 Å². The van der Waals surface area contributed by atoms with Crippen molar-refractivity contribution in [2.75, 3.05) is 20.3 Å². The summed E-state index contributed by atoms with van der Waals surface area (Å²) in [6, 6.07) is 9.73. The van der Waals surface area contributed by atoms with Gasteiger partial charge in [0.2, 0.25) is 5.91 Å². The third-order valence-corrected chi connectivity index (χ3v) is 4.62. The van der Waals surface area contributed by atoms with E-state index in [0.717, 1.165) is 12.5 Å². The summed E-state index contributed by atoms with van der Waals surface area (Å²) in [6.07, 6.45) is 0.618. The summed E-state index contributed by atoms with van der Waals surface area (Å²) in [5, 5.41) is 13.1. The molecule has 3 atom stereocenters. The Labute approximate surface area is 160 Å². The number of carbonyl (C=O) groups excluding carboxylic acids is 2. The molecule has 152 valence electrons. The van der Waals surface area contributed by atoms with Crippen molar-refractivity contribution >= 4 is 11.8 Å². The van der Waals surface area contributed by atoms with Crippen LogP contribution in [0.4, 0.5) is 4.39 Å². The molecule has 0 fully saturated rings. The number of rotatable bonds is 13. The van der Waals surface area contributed by atoms with Crippen molar-refractivity contribution in [3.63, 3.8) is 0 Å². The fourth-order valence-electron chi connectivity index (χ4n) is 2.77. The van der Waals surface area contributed by atoms with Crippen molar-refractivity contribution in [1.29, 1.82) is 0 Å². The summed E-state index contributed by atoms with van der Waals surface area (Å²) >= 11 is 0. The number of aliphatic hydroxyl groups is 1. The second kappa shape index (κ2) is 11.7.